The van der Waals surface area contributed by atoms with E-state index in [0.717, 1.165) is 35.1 Å². The lowest BCUT2D eigenvalue weighted by molar-refractivity contribution is -0.117. The number of nitrogens with zero attached hydrogens (tertiary/aromatic N) is 5. The van der Waals surface area contributed by atoms with Gasteiger partial charge in [0.05, 0.1) is 35.7 Å². The molecule has 32 heavy (non-hydrogen) atoms. The van der Waals surface area contributed by atoms with Crippen molar-refractivity contribution in [1.82, 2.24) is 14.8 Å². The summed E-state index contributed by atoms with van der Waals surface area (Å²) in [6, 6.07) is 7.00. The zero-order valence-electron chi connectivity index (χ0n) is 18.3. The van der Waals surface area contributed by atoms with Crippen LogP contribution in [0.5, 0.6) is 0 Å². The van der Waals surface area contributed by atoms with Crippen molar-refractivity contribution >= 4 is 23.4 Å². The van der Waals surface area contributed by atoms with Gasteiger partial charge in [-0.05, 0) is 55.5 Å². The second kappa shape index (κ2) is 7.47. The van der Waals surface area contributed by atoms with Gasteiger partial charge in [-0.25, -0.2) is 4.79 Å². The summed E-state index contributed by atoms with van der Waals surface area (Å²) in [6.45, 7) is 5.30. The minimum atomic E-state index is -1.07. The van der Waals surface area contributed by atoms with Crippen LogP contribution in [0.3, 0.4) is 0 Å². The van der Waals surface area contributed by atoms with Crippen LogP contribution in [0, 0.1) is 6.92 Å². The monoisotopic (exact) mass is 431 g/mol. The average Bonchev–Trinajstić information content (AvgIpc) is 3.48. The number of amides is 2. The zero-order valence-corrected chi connectivity index (χ0v) is 18.3. The lowest BCUT2D eigenvalue weighted by Gasteiger charge is -2.45. The van der Waals surface area contributed by atoms with Gasteiger partial charge < -0.3 is 10.0 Å². The van der Waals surface area contributed by atoms with Gasteiger partial charge in [0, 0.05) is 31.1 Å². The summed E-state index contributed by atoms with van der Waals surface area (Å²) in [7, 11) is 0. The predicted octanol–water partition coefficient (Wildman–Crippen LogP) is 4.57. The Bertz CT molecular complexity index is 1220. The molecule has 0 bridgehead atoms. The number of fused-ring (bicyclic) bond motifs is 1. The first-order valence-electron chi connectivity index (χ1n) is 10.8. The summed E-state index contributed by atoms with van der Waals surface area (Å²) in [5.41, 5.74) is 4.54. The fourth-order valence-corrected chi connectivity index (χ4v) is 4.70. The Kier molecular flexibility index (Phi) is 4.73. The van der Waals surface area contributed by atoms with E-state index in [4.69, 9.17) is 0 Å². The molecule has 1 aliphatic carbocycles. The van der Waals surface area contributed by atoms with Crippen LogP contribution < -0.4 is 9.80 Å². The highest BCUT2D eigenvalue weighted by atomic mass is 16.4. The smallest absolute Gasteiger partial charge is 0.412 e. The SMILES string of the molecule is CC(=O)N1c2ccc(-c3cnn(C4CC4)c3)cc2N(C(=O)O)C(c2cncc(C)c2)[C@@H]1C. The van der Waals surface area contributed by atoms with Crippen LogP contribution in [-0.2, 0) is 4.79 Å². The van der Waals surface area contributed by atoms with Gasteiger partial charge in [-0.3, -0.25) is 19.4 Å². The number of benzene rings is 1. The number of pyridine rings is 1. The molecule has 5 rings (SSSR count). The normalized spacial score (nSPS) is 20.2. The maximum absolute atomic E-state index is 12.7. The van der Waals surface area contributed by atoms with E-state index in [1.807, 2.05) is 49.0 Å². The number of anilines is 2. The molecule has 1 saturated carbocycles. The molecule has 8 heteroatoms. The van der Waals surface area contributed by atoms with E-state index >= 15 is 0 Å². The number of aryl methyl sites for hydroxylation is 1. The van der Waals surface area contributed by atoms with E-state index < -0.39 is 18.2 Å². The molecule has 0 saturated heterocycles. The van der Waals surface area contributed by atoms with Gasteiger partial charge in [0.25, 0.3) is 0 Å². The molecule has 3 aromatic rings. The number of hydrogen-bond donors (Lipinski definition) is 1. The van der Waals surface area contributed by atoms with E-state index in [2.05, 4.69) is 10.1 Å². The minimum absolute atomic E-state index is 0.135. The van der Waals surface area contributed by atoms with Crippen molar-refractivity contribution in [3.8, 4) is 11.1 Å². The molecular formula is C24H25N5O3. The van der Waals surface area contributed by atoms with Crippen molar-refractivity contribution in [2.75, 3.05) is 9.80 Å². The second-order valence-electron chi connectivity index (χ2n) is 8.67. The van der Waals surface area contributed by atoms with Gasteiger partial charge in [0.1, 0.15) is 0 Å². The summed E-state index contributed by atoms with van der Waals surface area (Å²) in [4.78, 5) is 32.5. The molecule has 1 N–H and O–H groups in total. The Morgan fingerprint density at radius 1 is 1.03 bits per heavy atom. The number of hydrogen-bond acceptors (Lipinski definition) is 4. The Hall–Kier alpha value is -3.68. The van der Waals surface area contributed by atoms with Crippen molar-refractivity contribution in [1.29, 1.82) is 0 Å². The molecule has 0 spiro atoms. The molecule has 2 atom stereocenters. The number of carbonyl (C=O) groups excluding carboxylic acids is 1. The number of rotatable bonds is 3. The van der Waals surface area contributed by atoms with Gasteiger partial charge in [-0.15, -0.1) is 0 Å². The maximum atomic E-state index is 12.7. The quantitative estimate of drug-likeness (QED) is 0.656. The first-order chi connectivity index (χ1) is 15.3. The first kappa shape index (κ1) is 20.2. The second-order valence-corrected chi connectivity index (χ2v) is 8.67. The molecule has 1 unspecified atom stereocenters. The van der Waals surface area contributed by atoms with Crippen LogP contribution in [0.25, 0.3) is 11.1 Å². The molecule has 164 valence electrons. The predicted molar refractivity (Wildman–Crippen MR) is 121 cm³/mol. The van der Waals surface area contributed by atoms with E-state index in [-0.39, 0.29) is 5.91 Å². The van der Waals surface area contributed by atoms with Crippen LogP contribution in [-0.4, -0.2) is 37.9 Å². The number of aromatic nitrogens is 3. The summed E-state index contributed by atoms with van der Waals surface area (Å²) >= 11 is 0. The van der Waals surface area contributed by atoms with Crippen molar-refractivity contribution in [2.24, 2.45) is 0 Å². The maximum Gasteiger partial charge on any atom is 0.412 e. The molecule has 2 amide bonds. The molecule has 1 aliphatic heterocycles. The summed E-state index contributed by atoms with van der Waals surface area (Å²) in [5.74, 6) is -0.135. The molecule has 1 aromatic carbocycles. The third kappa shape index (κ3) is 3.32. The first-order valence-corrected chi connectivity index (χ1v) is 10.8. The summed E-state index contributed by atoms with van der Waals surface area (Å²) in [5, 5.41) is 14.7. The fraction of sp³-hybridized carbons (Fsp3) is 0.333. The largest absolute Gasteiger partial charge is 0.465 e. The zero-order chi connectivity index (χ0) is 22.6. The molecular weight excluding hydrogens is 406 g/mol. The van der Waals surface area contributed by atoms with Crippen LogP contribution in [0.2, 0.25) is 0 Å². The molecule has 8 nitrogen and oxygen atoms in total. The lowest BCUT2D eigenvalue weighted by atomic mass is 9.92. The van der Waals surface area contributed by atoms with Gasteiger partial charge >= 0.3 is 6.09 Å². The van der Waals surface area contributed by atoms with E-state index in [0.29, 0.717) is 17.4 Å². The van der Waals surface area contributed by atoms with Crippen molar-refractivity contribution in [3.63, 3.8) is 0 Å². The van der Waals surface area contributed by atoms with Gasteiger partial charge in [0.2, 0.25) is 5.91 Å². The van der Waals surface area contributed by atoms with E-state index in [9.17, 15) is 14.7 Å². The van der Waals surface area contributed by atoms with Gasteiger partial charge in [-0.1, -0.05) is 12.1 Å². The highest BCUT2D eigenvalue weighted by molar-refractivity contribution is 6.03. The molecule has 0 radical (unpaired) electrons. The van der Waals surface area contributed by atoms with E-state index in [1.165, 1.54) is 11.8 Å². The molecule has 3 heterocycles. The molecule has 1 fully saturated rings. The van der Waals surface area contributed by atoms with Gasteiger partial charge in [-0.2, -0.15) is 5.10 Å². The number of carboxylic acid groups (broad SMARTS) is 1. The van der Waals surface area contributed by atoms with Crippen LogP contribution in [0.15, 0.2) is 49.1 Å². The topological polar surface area (TPSA) is 91.6 Å². The Labute approximate surface area is 186 Å². The van der Waals surface area contributed by atoms with Crippen LogP contribution in [0.1, 0.15) is 49.9 Å². The van der Waals surface area contributed by atoms with Crippen LogP contribution >= 0.6 is 0 Å². The highest BCUT2D eigenvalue weighted by Gasteiger charge is 2.42. The third-order valence-corrected chi connectivity index (χ3v) is 6.28. The van der Waals surface area contributed by atoms with E-state index in [1.54, 1.807) is 23.5 Å². The molecule has 2 aromatic heterocycles. The summed E-state index contributed by atoms with van der Waals surface area (Å²) < 4.78 is 1.97. The van der Waals surface area contributed by atoms with Crippen molar-refractivity contribution in [2.45, 2.75) is 51.7 Å². The lowest BCUT2D eigenvalue weighted by Crippen LogP contribution is -2.53. The summed E-state index contributed by atoms with van der Waals surface area (Å²) in [6.07, 6.45) is 8.41. The van der Waals surface area contributed by atoms with Gasteiger partial charge in [0.15, 0.2) is 0 Å². The Morgan fingerprint density at radius 2 is 1.81 bits per heavy atom. The highest BCUT2D eigenvalue weighted by Crippen LogP contribution is 2.46. The van der Waals surface area contributed by atoms with Crippen molar-refractivity contribution in [3.05, 3.63) is 60.2 Å². The Morgan fingerprint density at radius 3 is 2.47 bits per heavy atom. The van der Waals surface area contributed by atoms with Crippen LogP contribution in [0.4, 0.5) is 16.2 Å². The number of carbonyl (C=O) groups is 2. The fourth-order valence-electron chi connectivity index (χ4n) is 4.70. The Balaban J connectivity index is 1.67. The standard InChI is InChI=1S/C24H25N5O3/c1-14-8-18(11-25-10-14)23-15(2)28(16(3)30)21-7-4-17(9-22(21)29(23)24(31)32)19-12-26-27(13-19)20-5-6-20/h4,7-13,15,20,23H,5-6H2,1-3H3,(H,31,32)/t15-,23?/m0/s1. The average molecular weight is 431 g/mol. The third-order valence-electron chi connectivity index (χ3n) is 6.28. The van der Waals surface area contributed by atoms with Crippen molar-refractivity contribution < 1.29 is 14.7 Å². The minimum Gasteiger partial charge on any atom is -0.465 e. The molecule has 2 aliphatic rings.